The van der Waals surface area contributed by atoms with Crippen molar-refractivity contribution in [3.8, 4) is 6.07 Å². The fourth-order valence-electron chi connectivity index (χ4n) is 0.974. The smallest absolute Gasteiger partial charge is 0.250 e. The van der Waals surface area contributed by atoms with Crippen LogP contribution in [0.1, 0.15) is 5.56 Å². The molecule has 2 aromatic heterocycles. The number of H-pyrrole nitrogens is 1. The Morgan fingerprint density at radius 1 is 1.67 bits per heavy atom. The summed E-state index contributed by atoms with van der Waals surface area (Å²) in [6, 6.07) is 5.06. The molecule has 2 rings (SSSR count). The molecule has 2 heterocycles. The lowest BCUT2D eigenvalue weighted by molar-refractivity contribution is 1.02. The van der Waals surface area contributed by atoms with Crippen LogP contribution in [0.2, 0.25) is 0 Å². The molecule has 0 bridgehead atoms. The molecule has 0 saturated carbocycles. The lowest BCUT2D eigenvalue weighted by Crippen LogP contribution is -2.08. The van der Waals surface area contributed by atoms with E-state index in [4.69, 9.17) is 5.26 Å². The Morgan fingerprint density at radius 3 is 3.25 bits per heavy atom. The molecule has 0 aliphatic rings. The minimum atomic E-state index is -0.297. The van der Waals surface area contributed by atoms with Gasteiger partial charge in [0.2, 0.25) is 0 Å². The number of hydrogen-bond donors (Lipinski definition) is 1. The molecule has 0 saturated heterocycles. The van der Waals surface area contributed by atoms with Gasteiger partial charge in [-0.1, -0.05) is 0 Å². The fraction of sp³-hybridized carbons (Fsp3) is 0. The average Bonchev–Trinajstić information content (AvgIpc) is 2.47. The molecule has 58 valence electrons. The first-order chi connectivity index (χ1) is 5.81. The van der Waals surface area contributed by atoms with Crippen molar-refractivity contribution in [1.82, 2.24) is 14.6 Å². The lowest BCUT2D eigenvalue weighted by atomic mass is 10.3. The molecule has 0 aliphatic carbocycles. The molecule has 0 aliphatic heterocycles. The zero-order valence-corrected chi connectivity index (χ0v) is 5.98. The molecule has 1 N–H and O–H groups in total. The normalized spacial score (nSPS) is 9.92. The van der Waals surface area contributed by atoms with Crippen LogP contribution < -0.4 is 5.69 Å². The molecule has 0 fully saturated rings. The van der Waals surface area contributed by atoms with Crippen molar-refractivity contribution < 1.29 is 0 Å². The van der Waals surface area contributed by atoms with Gasteiger partial charge in [-0.05, 0) is 6.07 Å². The van der Waals surface area contributed by atoms with Crippen LogP contribution in [0.5, 0.6) is 0 Å². The maximum atomic E-state index is 10.9. The highest BCUT2D eigenvalue weighted by Gasteiger charge is 1.98. The third kappa shape index (κ3) is 0.787. The van der Waals surface area contributed by atoms with Crippen LogP contribution in [0.4, 0.5) is 0 Å². The molecule has 0 aromatic carbocycles. The fourth-order valence-corrected chi connectivity index (χ4v) is 0.974. The third-order valence-corrected chi connectivity index (χ3v) is 1.55. The lowest BCUT2D eigenvalue weighted by Gasteiger charge is -1.88. The molecule has 0 amide bonds. The maximum absolute atomic E-state index is 10.9. The van der Waals surface area contributed by atoms with Crippen molar-refractivity contribution in [3.05, 3.63) is 34.4 Å². The summed E-state index contributed by atoms with van der Waals surface area (Å²) in [5, 5.41) is 14.5. The summed E-state index contributed by atoms with van der Waals surface area (Å²) < 4.78 is 1.33. The van der Waals surface area contributed by atoms with Crippen LogP contribution >= 0.6 is 0 Å². The summed E-state index contributed by atoms with van der Waals surface area (Å²) >= 11 is 0. The van der Waals surface area contributed by atoms with E-state index in [9.17, 15) is 4.79 Å². The molecule has 5 heteroatoms. The van der Waals surface area contributed by atoms with E-state index in [1.54, 1.807) is 6.07 Å². The zero-order chi connectivity index (χ0) is 8.55. The molecule has 0 spiro atoms. The number of nitriles is 1. The highest BCUT2D eigenvalue weighted by Crippen LogP contribution is 1.99. The number of nitrogens with one attached hydrogen (secondary N) is 1. The molecule has 5 nitrogen and oxygen atoms in total. The summed E-state index contributed by atoms with van der Waals surface area (Å²) in [7, 11) is 0. The van der Waals surface area contributed by atoms with Crippen LogP contribution in [0, 0.1) is 11.3 Å². The Bertz CT molecular complexity index is 516. The number of rotatable bonds is 0. The molecule has 0 unspecified atom stereocenters. The van der Waals surface area contributed by atoms with Crippen molar-refractivity contribution in [2.24, 2.45) is 0 Å². The SMILES string of the molecule is N#Cc1ccn2c(=O)[nH]nc2c1. The van der Waals surface area contributed by atoms with E-state index in [1.807, 2.05) is 6.07 Å². The number of fused-ring (bicyclic) bond motifs is 1. The van der Waals surface area contributed by atoms with E-state index >= 15 is 0 Å². The van der Waals surface area contributed by atoms with Crippen LogP contribution in [-0.2, 0) is 0 Å². The Kier molecular flexibility index (Phi) is 1.21. The third-order valence-electron chi connectivity index (χ3n) is 1.55. The van der Waals surface area contributed by atoms with Crippen molar-refractivity contribution >= 4 is 5.65 Å². The summed E-state index contributed by atoms with van der Waals surface area (Å²) in [6.45, 7) is 0. The minimum Gasteiger partial charge on any atom is -0.250 e. The van der Waals surface area contributed by atoms with Crippen molar-refractivity contribution in [2.45, 2.75) is 0 Å². The molecule has 0 atom stereocenters. The van der Waals surface area contributed by atoms with Crippen molar-refractivity contribution in [1.29, 1.82) is 5.26 Å². The quantitative estimate of drug-likeness (QED) is 0.584. The van der Waals surface area contributed by atoms with Gasteiger partial charge in [0.15, 0.2) is 5.65 Å². The number of aromatic amines is 1. The summed E-state index contributed by atoms with van der Waals surface area (Å²) in [5.41, 5.74) is 0.648. The van der Waals surface area contributed by atoms with E-state index in [-0.39, 0.29) is 5.69 Å². The number of pyridine rings is 1. The molecule has 0 radical (unpaired) electrons. The minimum absolute atomic E-state index is 0.297. The summed E-state index contributed by atoms with van der Waals surface area (Å²) in [4.78, 5) is 10.9. The molecule has 2 aromatic rings. The molecular formula is C7H4N4O. The first kappa shape index (κ1) is 6.61. The van der Waals surface area contributed by atoms with Gasteiger partial charge in [0.25, 0.3) is 0 Å². The van der Waals surface area contributed by atoms with Gasteiger partial charge >= 0.3 is 5.69 Å². The predicted octanol–water partition coefficient (Wildman–Crippen LogP) is -0.106. The standard InChI is InChI=1S/C7H4N4O/c8-4-5-1-2-11-6(3-5)9-10-7(11)12/h1-3H,(H,10,12). The van der Waals surface area contributed by atoms with Crippen LogP contribution in [0.3, 0.4) is 0 Å². The highest BCUT2D eigenvalue weighted by atomic mass is 16.1. The zero-order valence-electron chi connectivity index (χ0n) is 5.98. The van der Waals surface area contributed by atoms with Gasteiger partial charge in [-0.15, -0.1) is 0 Å². The van der Waals surface area contributed by atoms with Gasteiger partial charge in [0, 0.05) is 12.3 Å². The Morgan fingerprint density at radius 2 is 2.50 bits per heavy atom. The second-order valence-corrected chi connectivity index (χ2v) is 2.28. The van der Waals surface area contributed by atoms with Gasteiger partial charge in [0.05, 0.1) is 11.6 Å². The maximum Gasteiger partial charge on any atom is 0.347 e. The topological polar surface area (TPSA) is 73.9 Å². The van der Waals surface area contributed by atoms with Gasteiger partial charge in [-0.2, -0.15) is 10.4 Å². The number of hydrogen-bond acceptors (Lipinski definition) is 3. The van der Waals surface area contributed by atoms with Crippen molar-refractivity contribution in [2.75, 3.05) is 0 Å². The Hall–Kier alpha value is -2.09. The Balaban J connectivity index is 2.89. The molecular weight excluding hydrogens is 156 g/mol. The van der Waals surface area contributed by atoms with Gasteiger partial charge < -0.3 is 0 Å². The predicted molar refractivity (Wildman–Crippen MR) is 40.5 cm³/mol. The second-order valence-electron chi connectivity index (χ2n) is 2.28. The first-order valence-electron chi connectivity index (χ1n) is 3.28. The average molecular weight is 160 g/mol. The summed E-state index contributed by atoms with van der Waals surface area (Å²) in [6.07, 6.45) is 1.51. The molecule has 12 heavy (non-hydrogen) atoms. The van der Waals surface area contributed by atoms with E-state index in [2.05, 4.69) is 10.2 Å². The van der Waals surface area contributed by atoms with E-state index in [1.165, 1.54) is 16.7 Å². The van der Waals surface area contributed by atoms with E-state index < -0.39 is 0 Å². The Labute approximate surface area is 66.9 Å². The van der Waals surface area contributed by atoms with E-state index in [0.29, 0.717) is 11.2 Å². The number of nitrogens with zero attached hydrogens (tertiary/aromatic N) is 3. The van der Waals surface area contributed by atoms with Crippen LogP contribution in [0.15, 0.2) is 23.1 Å². The second kappa shape index (κ2) is 2.20. The highest BCUT2D eigenvalue weighted by molar-refractivity contribution is 5.44. The van der Waals surface area contributed by atoms with Gasteiger partial charge in [-0.3, -0.25) is 4.40 Å². The van der Waals surface area contributed by atoms with Crippen molar-refractivity contribution in [3.63, 3.8) is 0 Å². The number of aromatic nitrogens is 3. The van der Waals surface area contributed by atoms with Crippen LogP contribution in [-0.4, -0.2) is 14.6 Å². The largest absolute Gasteiger partial charge is 0.347 e. The monoisotopic (exact) mass is 160 g/mol. The van der Waals surface area contributed by atoms with E-state index in [0.717, 1.165) is 0 Å². The van der Waals surface area contributed by atoms with Crippen LogP contribution in [0.25, 0.3) is 5.65 Å². The summed E-state index contributed by atoms with van der Waals surface area (Å²) in [5.74, 6) is 0. The first-order valence-corrected chi connectivity index (χ1v) is 3.28. The van der Waals surface area contributed by atoms with Gasteiger partial charge in [-0.25, -0.2) is 9.89 Å². The van der Waals surface area contributed by atoms with Gasteiger partial charge in [0.1, 0.15) is 0 Å².